The van der Waals surface area contributed by atoms with Crippen LogP contribution in [0.3, 0.4) is 0 Å². The summed E-state index contributed by atoms with van der Waals surface area (Å²) in [6.45, 7) is 3.64. The van der Waals surface area contributed by atoms with Crippen LogP contribution in [0.1, 0.15) is 38.2 Å². The maximum Gasteiger partial charge on any atom is 0.208 e. The fourth-order valence-electron chi connectivity index (χ4n) is 2.57. The van der Waals surface area contributed by atoms with Crippen molar-refractivity contribution >= 4 is 58.8 Å². The molecule has 0 aliphatic heterocycles. The quantitative estimate of drug-likeness (QED) is 0.149. The number of amidine groups is 2. The number of nitrogens with zero attached hydrogens (tertiary/aromatic N) is 5. The molecule has 4 N–H and O–H groups in total. The fraction of sp³-hybridized carbons (Fsp3) is 0.182. The van der Waals surface area contributed by atoms with E-state index in [1.165, 1.54) is 48.2 Å². The van der Waals surface area contributed by atoms with E-state index in [2.05, 4.69) is 25.4 Å². The van der Waals surface area contributed by atoms with Crippen molar-refractivity contribution in [2.45, 2.75) is 13.8 Å². The van der Waals surface area contributed by atoms with Crippen molar-refractivity contribution < 1.29 is 49.1 Å². The van der Waals surface area contributed by atoms with Crippen molar-refractivity contribution in [1.82, 2.24) is 0 Å². The topological polar surface area (TPSA) is 145 Å². The molecule has 13 heteroatoms. The molecule has 0 heterocycles. The number of aryl methyl sites for hydroxylation is 2. The zero-order valence-corrected chi connectivity index (χ0v) is 22.7. The van der Waals surface area contributed by atoms with Crippen LogP contribution in [0.4, 0.5) is 0 Å². The Balaban J connectivity index is 0.00000578. The van der Waals surface area contributed by atoms with Crippen LogP contribution in [0.15, 0.2) is 49.7 Å². The van der Waals surface area contributed by atoms with Gasteiger partial charge >= 0.3 is 0 Å². The first-order chi connectivity index (χ1) is 15.8. The first kappa shape index (κ1) is 32.6. The third-order valence-corrected chi connectivity index (χ3v) is 5.31. The smallest absolute Gasteiger partial charge is 0.208 e. The number of carbonyl (C=O) groups excluding carboxylic acids is 1. The molecule has 2 radical (unpaired) electrons. The van der Waals surface area contributed by atoms with Crippen LogP contribution in [0.2, 0.25) is 0 Å². The minimum Gasteiger partial charge on any atom is -0.507 e. The molecule has 9 nitrogen and oxygen atoms in total. The normalized spacial score (nSPS) is 12.2. The van der Waals surface area contributed by atoms with Crippen LogP contribution in [0, 0.1) is 13.8 Å². The van der Waals surface area contributed by atoms with Gasteiger partial charge in [0.05, 0.1) is 12.4 Å². The molecule has 0 saturated heterocycles. The van der Waals surface area contributed by atoms with E-state index in [1.807, 2.05) is 6.92 Å². The molecule has 0 fully saturated rings. The molecule has 35 heavy (non-hydrogen) atoms. The second-order valence-corrected chi connectivity index (χ2v) is 8.25. The molecular formula is C22H24Cu2N6O3S2. The van der Waals surface area contributed by atoms with Crippen molar-refractivity contribution in [3.05, 3.63) is 57.6 Å². The summed E-state index contributed by atoms with van der Waals surface area (Å²) in [5.41, 5.74) is 8.98. The Morgan fingerprint density at radius 3 is 2.00 bits per heavy atom. The molecule has 0 bridgehead atoms. The van der Waals surface area contributed by atoms with Crippen molar-refractivity contribution in [3.63, 3.8) is 0 Å². The van der Waals surface area contributed by atoms with Crippen molar-refractivity contribution in [2.75, 3.05) is 12.5 Å². The van der Waals surface area contributed by atoms with E-state index in [0.29, 0.717) is 38.9 Å². The van der Waals surface area contributed by atoms with E-state index >= 15 is 0 Å². The van der Waals surface area contributed by atoms with Gasteiger partial charge in [-0.25, -0.2) is 4.99 Å². The van der Waals surface area contributed by atoms with E-state index in [-0.39, 0.29) is 45.6 Å². The molecule has 0 unspecified atom stereocenters. The number of nitrogens with two attached hydrogens (primary N) is 1. The number of benzene rings is 2. The maximum absolute atomic E-state index is 11.0. The summed E-state index contributed by atoms with van der Waals surface area (Å²) in [6, 6.07) is 6.56. The van der Waals surface area contributed by atoms with Crippen LogP contribution in [0.5, 0.6) is 11.5 Å². The molecule has 2 rings (SSSR count). The van der Waals surface area contributed by atoms with Gasteiger partial charge < -0.3 is 15.9 Å². The summed E-state index contributed by atoms with van der Waals surface area (Å²) >= 11 is 2.52. The number of thioether (sulfide) groups is 2. The predicted molar refractivity (Wildman–Crippen MR) is 140 cm³/mol. The average molecular weight is 612 g/mol. The summed E-state index contributed by atoms with van der Waals surface area (Å²) < 4.78 is 0. The average Bonchev–Trinajstić information content (AvgIpc) is 2.80. The molecule has 0 atom stereocenters. The number of aliphatic imine (C=N–C) groups is 1. The molecule has 0 amide bonds. The Morgan fingerprint density at radius 1 is 0.857 bits per heavy atom. The molecule has 0 aliphatic rings. The van der Waals surface area contributed by atoms with Crippen molar-refractivity contribution in [1.29, 1.82) is 0 Å². The number of carbonyl (C=O) groups is 1. The Kier molecular flexibility index (Phi) is 15.2. The van der Waals surface area contributed by atoms with E-state index < -0.39 is 0 Å². The summed E-state index contributed by atoms with van der Waals surface area (Å²) in [5, 5.41) is 37.0. The third-order valence-electron chi connectivity index (χ3n) is 4.25. The van der Waals surface area contributed by atoms with Gasteiger partial charge in [-0.05, 0) is 61.8 Å². The Labute approximate surface area is 233 Å². The van der Waals surface area contributed by atoms with E-state index in [1.54, 1.807) is 37.6 Å². The second-order valence-electron chi connectivity index (χ2n) is 6.65. The number of phenols is 2. The first-order valence-electron chi connectivity index (χ1n) is 9.51. The zero-order valence-electron chi connectivity index (χ0n) is 19.2. The van der Waals surface area contributed by atoms with Crippen LogP contribution in [0.25, 0.3) is 0 Å². The maximum atomic E-state index is 11.0. The second kappa shape index (κ2) is 16.3. The summed E-state index contributed by atoms with van der Waals surface area (Å²) in [6.07, 6.45) is 8.52. The van der Waals surface area contributed by atoms with Gasteiger partial charge in [-0.15, -0.1) is 10.2 Å². The number of phenolic OH excluding ortho intramolecular Hbond substituents is 2. The van der Waals surface area contributed by atoms with Gasteiger partial charge in [0.25, 0.3) is 0 Å². The van der Waals surface area contributed by atoms with Crippen LogP contribution in [-0.2, 0) is 34.1 Å². The van der Waals surface area contributed by atoms with Gasteiger partial charge in [0.1, 0.15) is 17.8 Å². The molecule has 0 spiro atoms. The van der Waals surface area contributed by atoms with E-state index in [0.717, 1.165) is 11.1 Å². The molecule has 0 aliphatic carbocycles. The number of hydrogen-bond donors (Lipinski definition) is 3. The Bertz CT molecular complexity index is 1180. The van der Waals surface area contributed by atoms with Gasteiger partial charge in [-0.1, -0.05) is 23.5 Å². The van der Waals surface area contributed by atoms with E-state index in [9.17, 15) is 15.0 Å². The Morgan fingerprint density at radius 2 is 1.46 bits per heavy atom. The number of rotatable bonds is 6. The molecule has 194 valence electrons. The summed E-state index contributed by atoms with van der Waals surface area (Å²) in [5.74, 6) is -0.0796. The van der Waals surface area contributed by atoms with Gasteiger partial charge in [-0.3, -0.25) is 4.79 Å². The van der Waals surface area contributed by atoms with Gasteiger partial charge in [-0.2, -0.15) is 10.2 Å². The van der Waals surface area contributed by atoms with Crippen LogP contribution in [-0.4, -0.2) is 58.0 Å². The molecule has 2 aromatic rings. The van der Waals surface area contributed by atoms with Crippen LogP contribution < -0.4 is 5.73 Å². The Hall–Kier alpha value is -2.40. The minimum atomic E-state index is -0.0575. The summed E-state index contributed by atoms with van der Waals surface area (Å²) in [4.78, 5) is 15.2. The van der Waals surface area contributed by atoms with Crippen molar-refractivity contribution in [3.8, 4) is 11.5 Å². The zero-order chi connectivity index (χ0) is 24.4. The van der Waals surface area contributed by atoms with Gasteiger partial charge in [0.15, 0.2) is 5.17 Å². The SMILES string of the molecule is CSC(N)=NN=Cc1cc(C)cc(C=NN=C(N=Cc2cc(C)c(C=O)cc2O)SC)c1O.[Cu].[Cu]. The number of aldehydes is 1. The third kappa shape index (κ3) is 10.0. The van der Waals surface area contributed by atoms with Crippen LogP contribution >= 0.6 is 23.5 Å². The summed E-state index contributed by atoms with van der Waals surface area (Å²) in [7, 11) is 0. The fourth-order valence-corrected chi connectivity index (χ4v) is 2.99. The van der Waals surface area contributed by atoms with E-state index in [4.69, 9.17) is 5.73 Å². The molecular weight excluding hydrogens is 588 g/mol. The molecule has 0 aromatic heterocycles. The largest absolute Gasteiger partial charge is 0.507 e. The minimum absolute atomic E-state index is 0. The van der Waals surface area contributed by atoms with Gasteiger partial charge in [0.2, 0.25) is 5.17 Å². The standard InChI is InChI=1S/C22H24N6O3S2.2Cu/c1-13-5-16(10-25-27-21(23)32-3)20(31)17(6-13)11-26-28-22(33-4)24-9-15-7-14(2)18(12-29)8-19(15)30;;/h5-12,30-31H,1-4H3,(H2,23,27);;. The van der Waals surface area contributed by atoms with Gasteiger partial charge in [0, 0.05) is 62.6 Å². The monoisotopic (exact) mass is 610 g/mol. The molecule has 0 saturated carbocycles. The number of hydrogen-bond acceptors (Lipinski definition) is 9. The number of aromatic hydroxyl groups is 2. The predicted octanol–water partition coefficient (Wildman–Crippen LogP) is 3.71. The first-order valence-corrected chi connectivity index (χ1v) is 12.0. The van der Waals surface area contributed by atoms with Crippen molar-refractivity contribution in [2.24, 2.45) is 31.1 Å². The molecule has 2 aromatic carbocycles.